The molecule has 2 aromatic rings. The first-order valence-corrected chi connectivity index (χ1v) is 7.34. The van der Waals surface area contributed by atoms with Crippen molar-refractivity contribution in [2.45, 2.75) is 46.1 Å². The van der Waals surface area contributed by atoms with Crippen molar-refractivity contribution in [3.05, 3.63) is 12.5 Å². The van der Waals surface area contributed by atoms with Gasteiger partial charge in [0.15, 0.2) is 5.65 Å². The summed E-state index contributed by atoms with van der Waals surface area (Å²) in [5.41, 5.74) is 1.28. The number of aryl methyl sites for hydroxylation is 1. The first kappa shape index (κ1) is 13.3. The first-order chi connectivity index (χ1) is 9.44. The fraction of sp³-hybridized carbons (Fsp3) is 0.667. The van der Waals surface area contributed by atoms with Crippen molar-refractivity contribution in [1.82, 2.24) is 19.7 Å². The quantitative estimate of drug-likeness (QED) is 0.914. The highest BCUT2D eigenvalue weighted by molar-refractivity contribution is 5.86. The molecule has 0 spiro atoms. The van der Waals surface area contributed by atoms with Gasteiger partial charge in [-0.05, 0) is 30.6 Å². The molecule has 0 bridgehead atoms. The molecule has 0 amide bonds. The fourth-order valence-electron chi connectivity index (χ4n) is 3.73. The van der Waals surface area contributed by atoms with Crippen LogP contribution in [0.2, 0.25) is 0 Å². The predicted octanol–water partition coefficient (Wildman–Crippen LogP) is 2.99. The lowest BCUT2D eigenvalue weighted by molar-refractivity contribution is 0.178. The number of fused-ring (bicyclic) bond motifs is 1. The van der Waals surface area contributed by atoms with Gasteiger partial charge in [-0.1, -0.05) is 20.8 Å². The lowest BCUT2D eigenvalue weighted by Gasteiger charge is -2.39. The maximum Gasteiger partial charge on any atom is 0.163 e. The van der Waals surface area contributed by atoms with Crippen LogP contribution in [-0.4, -0.2) is 25.8 Å². The minimum Gasteiger partial charge on any atom is -0.367 e. The standard InChI is InChI=1S/C15H23N5/c1-10-5-11(7-15(2,3)6-10)19-13-12-8-18-20(4)14(12)17-9-16-13/h8-11H,5-7H2,1-4H3,(H,16,17,19)/t10-,11-/m0/s1. The van der Waals surface area contributed by atoms with Crippen molar-refractivity contribution in [3.63, 3.8) is 0 Å². The third-order valence-electron chi connectivity index (χ3n) is 4.26. The molecule has 2 heterocycles. The zero-order valence-corrected chi connectivity index (χ0v) is 12.7. The summed E-state index contributed by atoms with van der Waals surface area (Å²) < 4.78 is 1.79. The smallest absolute Gasteiger partial charge is 0.163 e. The molecule has 1 N–H and O–H groups in total. The van der Waals surface area contributed by atoms with E-state index in [1.807, 2.05) is 13.2 Å². The van der Waals surface area contributed by atoms with E-state index in [1.165, 1.54) is 19.3 Å². The average Bonchev–Trinajstić information content (AvgIpc) is 2.70. The van der Waals surface area contributed by atoms with Gasteiger partial charge >= 0.3 is 0 Å². The van der Waals surface area contributed by atoms with E-state index < -0.39 is 0 Å². The Labute approximate surface area is 119 Å². The highest BCUT2D eigenvalue weighted by Crippen LogP contribution is 2.39. The Morgan fingerprint density at radius 2 is 2.10 bits per heavy atom. The Morgan fingerprint density at radius 1 is 1.30 bits per heavy atom. The summed E-state index contributed by atoms with van der Waals surface area (Å²) in [4.78, 5) is 8.70. The van der Waals surface area contributed by atoms with Crippen molar-refractivity contribution in [3.8, 4) is 0 Å². The molecule has 108 valence electrons. The van der Waals surface area contributed by atoms with Gasteiger partial charge in [0.25, 0.3) is 0 Å². The molecule has 0 saturated heterocycles. The van der Waals surface area contributed by atoms with Gasteiger partial charge in [0.05, 0.1) is 11.6 Å². The van der Waals surface area contributed by atoms with Crippen LogP contribution in [0.5, 0.6) is 0 Å². The topological polar surface area (TPSA) is 55.6 Å². The van der Waals surface area contributed by atoms with Crippen LogP contribution in [0.4, 0.5) is 5.82 Å². The summed E-state index contributed by atoms with van der Waals surface area (Å²) in [6.07, 6.45) is 7.15. The average molecular weight is 273 g/mol. The van der Waals surface area contributed by atoms with Gasteiger partial charge in [0.2, 0.25) is 0 Å². The van der Waals surface area contributed by atoms with E-state index in [4.69, 9.17) is 0 Å². The molecule has 5 heteroatoms. The summed E-state index contributed by atoms with van der Waals surface area (Å²) in [7, 11) is 1.91. The minimum absolute atomic E-state index is 0.399. The van der Waals surface area contributed by atoms with E-state index in [2.05, 4.69) is 41.2 Å². The molecule has 3 rings (SSSR count). The lowest BCUT2D eigenvalue weighted by atomic mass is 9.70. The molecule has 2 aromatic heterocycles. The van der Waals surface area contributed by atoms with E-state index in [0.717, 1.165) is 22.8 Å². The maximum atomic E-state index is 4.41. The summed E-state index contributed by atoms with van der Waals surface area (Å²) in [6.45, 7) is 7.06. The largest absolute Gasteiger partial charge is 0.367 e. The molecule has 1 saturated carbocycles. The number of hydrogen-bond acceptors (Lipinski definition) is 4. The van der Waals surface area contributed by atoms with Gasteiger partial charge in [0.1, 0.15) is 12.1 Å². The minimum atomic E-state index is 0.399. The second kappa shape index (κ2) is 4.72. The number of nitrogens with zero attached hydrogens (tertiary/aromatic N) is 4. The zero-order chi connectivity index (χ0) is 14.3. The molecule has 0 aromatic carbocycles. The molecule has 0 radical (unpaired) electrons. The molecule has 1 aliphatic rings. The van der Waals surface area contributed by atoms with Crippen LogP contribution in [0.3, 0.4) is 0 Å². The van der Waals surface area contributed by atoms with E-state index in [9.17, 15) is 0 Å². The van der Waals surface area contributed by atoms with Gasteiger partial charge in [-0.2, -0.15) is 5.10 Å². The molecular formula is C15H23N5. The van der Waals surface area contributed by atoms with Crippen LogP contribution < -0.4 is 5.32 Å². The van der Waals surface area contributed by atoms with Crippen LogP contribution >= 0.6 is 0 Å². The Morgan fingerprint density at radius 3 is 2.85 bits per heavy atom. The molecule has 1 fully saturated rings. The Hall–Kier alpha value is -1.65. The van der Waals surface area contributed by atoms with Crippen LogP contribution in [0, 0.1) is 11.3 Å². The number of aromatic nitrogens is 4. The van der Waals surface area contributed by atoms with Crippen molar-refractivity contribution in [2.75, 3.05) is 5.32 Å². The molecule has 0 aliphatic heterocycles. The summed E-state index contributed by atoms with van der Waals surface area (Å²) in [5, 5.41) is 8.89. The number of hydrogen-bond donors (Lipinski definition) is 1. The van der Waals surface area contributed by atoms with Crippen LogP contribution in [-0.2, 0) is 7.05 Å². The predicted molar refractivity (Wildman–Crippen MR) is 80.5 cm³/mol. The highest BCUT2D eigenvalue weighted by Gasteiger charge is 2.32. The SMILES string of the molecule is C[C@H]1C[C@H](Nc2ncnc3c2cnn3C)CC(C)(C)C1. The van der Waals surface area contributed by atoms with Crippen molar-refractivity contribution in [1.29, 1.82) is 0 Å². The number of rotatable bonds is 2. The highest BCUT2D eigenvalue weighted by atomic mass is 15.3. The molecule has 20 heavy (non-hydrogen) atoms. The van der Waals surface area contributed by atoms with Crippen LogP contribution in [0.1, 0.15) is 40.0 Å². The van der Waals surface area contributed by atoms with Crippen LogP contribution in [0.15, 0.2) is 12.5 Å². The van der Waals surface area contributed by atoms with Gasteiger partial charge in [-0.3, -0.25) is 4.68 Å². The fourth-order valence-corrected chi connectivity index (χ4v) is 3.73. The Kier molecular flexibility index (Phi) is 3.15. The van der Waals surface area contributed by atoms with Crippen molar-refractivity contribution < 1.29 is 0 Å². The van der Waals surface area contributed by atoms with Crippen molar-refractivity contribution in [2.24, 2.45) is 18.4 Å². The number of anilines is 1. The van der Waals surface area contributed by atoms with E-state index in [0.29, 0.717) is 11.5 Å². The van der Waals surface area contributed by atoms with Crippen LogP contribution in [0.25, 0.3) is 11.0 Å². The first-order valence-electron chi connectivity index (χ1n) is 7.34. The lowest BCUT2D eigenvalue weighted by Crippen LogP contribution is -2.35. The van der Waals surface area contributed by atoms with E-state index in [1.54, 1.807) is 11.0 Å². The van der Waals surface area contributed by atoms with Gasteiger partial charge in [-0.25, -0.2) is 9.97 Å². The molecule has 5 nitrogen and oxygen atoms in total. The molecule has 2 atom stereocenters. The van der Waals surface area contributed by atoms with Gasteiger partial charge in [0, 0.05) is 13.1 Å². The second-order valence-corrected chi connectivity index (χ2v) is 6.98. The van der Waals surface area contributed by atoms with Crippen molar-refractivity contribution >= 4 is 16.9 Å². The van der Waals surface area contributed by atoms with E-state index in [-0.39, 0.29) is 0 Å². The molecular weight excluding hydrogens is 250 g/mol. The van der Waals surface area contributed by atoms with E-state index >= 15 is 0 Å². The zero-order valence-electron chi connectivity index (χ0n) is 12.7. The maximum absolute atomic E-state index is 4.41. The normalized spacial score (nSPS) is 25.8. The molecule has 0 unspecified atom stereocenters. The Balaban J connectivity index is 1.86. The van der Waals surface area contributed by atoms with Gasteiger partial charge in [-0.15, -0.1) is 0 Å². The monoisotopic (exact) mass is 273 g/mol. The number of nitrogens with one attached hydrogen (secondary N) is 1. The second-order valence-electron chi connectivity index (χ2n) is 6.98. The third kappa shape index (κ3) is 2.49. The molecule has 1 aliphatic carbocycles. The Bertz CT molecular complexity index is 616. The summed E-state index contributed by atoms with van der Waals surface area (Å²) in [6, 6.07) is 0.479. The third-order valence-corrected chi connectivity index (χ3v) is 4.26. The summed E-state index contributed by atoms with van der Waals surface area (Å²) >= 11 is 0. The van der Waals surface area contributed by atoms with Gasteiger partial charge < -0.3 is 5.32 Å². The summed E-state index contributed by atoms with van der Waals surface area (Å²) in [5.74, 6) is 1.67.